The van der Waals surface area contributed by atoms with Crippen molar-refractivity contribution in [3.05, 3.63) is 12.2 Å². The molecule has 0 aromatic rings. The molecule has 0 heterocycles. The lowest BCUT2D eigenvalue weighted by atomic mass is 10.0. The van der Waals surface area contributed by atoms with E-state index in [4.69, 9.17) is 5.11 Å². The molecule has 0 aliphatic heterocycles. The average Bonchev–Trinajstić information content (AvgIpc) is 2.62. The highest BCUT2D eigenvalue weighted by Crippen LogP contribution is 2.18. The molecule has 1 rings (SSSR count). The van der Waals surface area contributed by atoms with Gasteiger partial charge in [0.15, 0.2) is 0 Å². The summed E-state index contributed by atoms with van der Waals surface area (Å²) in [4.78, 5) is 0. The summed E-state index contributed by atoms with van der Waals surface area (Å²) in [6.45, 7) is 7.07. The second-order valence-electron chi connectivity index (χ2n) is 5.21. The van der Waals surface area contributed by atoms with Crippen LogP contribution in [0.3, 0.4) is 0 Å². The third-order valence-electron chi connectivity index (χ3n) is 3.08. The number of hydrogen-bond donors (Lipinski definition) is 2. The largest absolute Gasteiger partial charge is 0.396 e. The van der Waals surface area contributed by atoms with Gasteiger partial charge in [-0.05, 0) is 32.1 Å². The Balaban J connectivity index is 2.16. The highest BCUT2D eigenvalue weighted by molar-refractivity contribution is 5.06. The quantitative estimate of drug-likeness (QED) is 0.661. The maximum Gasteiger partial charge on any atom is 0.0494 e. The first-order chi connectivity index (χ1) is 7.11. The van der Waals surface area contributed by atoms with Crippen LogP contribution in [-0.2, 0) is 0 Å². The first-order valence-corrected chi connectivity index (χ1v) is 6.17. The Morgan fingerprint density at radius 3 is 2.53 bits per heavy atom. The van der Waals surface area contributed by atoms with Crippen LogP contribution in [0.25, 0.3) is 0 Å². The molecule has 0 aromatic heterocycles. The van der Waals surface area contributed by atoms with Crippen molar-refractivity contribution in [2.45, 2.75) is 52.1 Å². The molecule has 0 amide bonds. The van der Waals surface area contributed by atoms with Gasteiger partial charge in [0.1, 0.15) is 0 Å². The van der Waals surface area contributed by atoms with Crippen LogP contribution in [0.15, 0.2) is 12.2 Å². The number of aliphatic hydroxyl groups is 1. The molecule has 0 aromatic carbocycles. The van der Waals surface area contributed by atoms with Gasteiger partial charge < -0.3 is 10.4 Å². The third kappa shape index (κ3) is 4.80. The highest BCUT2D eigenvalue weighted by Gasteiger charge is 2.19. The van der Waals surface area contributed by atoms with Crippen molar-refractivity contribution in [1.82, 2.24) is 5.32 Å². The second kappa shape index (κ2) is 6.29. The second-order valence-corrected chi connectivity index (χ2v) is 5.21. The predicted octanol–water partition coefficient (Wildman–Crippen LogP) is 2.34. The number of aliphatic hydroxyl groups excluding tert-OH is 1. The van der Waals surface area contributed by atoms with Gasteiger partial charge in [-0.2, -0.15) is 0 Å². The van der Waals surface area contributed by atoms with Gasteiger partial charge in [-0.15, -0.1) is 0 Å². The topological polar surface area (TPSA) is 32.3 Å². The van der Waals surface area contributed by atoms with Gasteiger partial charge >= 0.3 is 0 Å². The van der Waals surface area contributed by atoms with Gasteiger partial charge in [-0.25, -0.2) is 0 Å². The van der Waals surface area contributed by atoms with Gasteiger partial charge in [0.2, 0.25) is 0 Å². The molecule has 1 unspecified atom stereocenters. The van der Waals surface area contributed by atoms with E-state index < -0.39 is 0 Å². The van der Waals surface area contributed by atoms with Crippen LogP contribution in [0.2, 0.25) is 0 Å². The van der Waals surface area contributed by atoms with Crippen LogP contribution in [0, 0.1) is 11.8 Å². The first kappa shape index (κ1) is 12.7. The van der Waals surface area contributed by atoms with Crippen molar-refractivity contribution in [3.63, 3.8) is 0 Å². The normalized spacial score (nSPS) is 27.5. The number of hydrogen-bond acceptors (Lipinski definition) is 2. The van der Waals surface area contributed by atoms with E-state index in [0.29, 0.717) is 18.0 Å². The minimum atomic E-state index is 0.287. The Bertz CT molecular complexity index is 201. The van der Waals surface area contributed by atoms with E-state index in [1.54, 1.807) is 0 Å². The lowest BCUT2D eigenvalue weighted by Crippen LogP contribution is -2.34. The fourth-order valence-electron chi connectivity index (χ4n) is 2.07. The summed E-state index contributed by atoms with van der Waals surface area (Å²) in [5.41, 5.74) is 0. The Morgan fingerprint density at radius 2 is 2.00 bits per heavy atom. The molecule has 15 heavy (non-hydrogen) atoms. The minimum Gasteiger partial charge on any atom is -0.396 e. The molecule has 1 aliphatic rings. The third-order valence-corrected chi connectivity index (χ3v) is 3.08. The van der Waals surface area contributed by atoms with Gasteiger partial charge in [-0.1, -0.05) is 26.0 Å². The molecule has 3 atom stereocenters. The van der Waals surface area contributed by atoms with E-state index in [-0.39, 0.29) is 6.61 Å². The lowest BCUT2D eigenvalue weighted by molar-refractivity contribution is 0.244. The molecule has 0 bridgehead atoms. The molecule has 2 nitrogen and oxygen atoms in total. The van der Waals surface area contributed by atoms with Crippen LogP contribution in [0.4, 0.5) is 0 Å². The van der Waals surface area contributed by atoms with E-state index >= 15 is 0 Å². The van der Waals surface area contributed by atoms with Crippen LogP contribution in [0.5, 0.6) is 0 Å². The molecule has 0 spiro atoms. The van der Waals surface area contributed by atoms with E-state index in [1.165, 1.54) is 12.8 Å². The number of nitrogens with one attached hydrogen (secondary N) is 1. The maximum absolute atomic E-state index is 9.02. The summed E-state index contributed by atoms with van der Waals surface area (Å²) >= 11 is 0. The van der Waals surface area contributed by atoms with E-state index in [1.807, 2.05) is 0 Å². The Kier molecular flexibility index (Phi) is 5.34. The summed E-state index contributed by atoms with van der Waals surface area (Å²) in [6.07, 6.45) is 7.92. The van der Waals surface area contributed by atoms with Gasteiger partial charge in [0.05, 0.1) is 0 Å². The van der Waals surface area contributed by atoms with E-state index in [2.05, 4.69) is 38.2 Å². The number of rotatable bonds is 6. The first-order valence-electron chi connectivity index (χ1n) is 6.17. The standard InChI is InChI=1S/C13H25NO/c1-10(2)4-5-11(3)14-13-7-6-12(8-13)9-15/h6-7,10-15H,4-5,8-9H2,1-3H3/t11?,12-,13+/m0/s1. The molecule has 1 aliphatic carbocycles. The van der Waals surface area contributed by atoms with Gasteiger partial charge in [0.25, 0.3) is 0 Å². The Morgan fingerprint density at radius 1 is 1.27 bits per heavy atom. The van der Waals surface area contributed by atoms with Crippen molar-refractivity contribution in [3.8, 4) is 0 Å². The van der Waals surface area contributed by atoms with Crippen molar-refractivity contribution in [2.75, 3.05) is 6.61 Å². The summed E-state index contributed by atoms with van der Waals surface area (Å²) in [5, 5.41) is 12.6. The molecular weight excluding hydrogens is 186 g/mol. The summed E-state index contributed by atoms with van der Waals surface area (Å²) < 4.78 is 0. The van der Waals surface area contributed by atoms with Crippen molar-refractivity contribution < 1.29 is 5.11 Å². The zero-order valence-corrected chi connectivity index (χ0v) is 10.2. The summed E-state index contributed by atoms with van der Waals surface area (Å²) in [5.74, 6) is 1.17. The lowest BCUT2D eigenvalue weighted by Gasteiger charge is -2.19. The van der Waals surface area contributed by atoms with E-state index in [9.17, 15) is 0 Å². The maximum atomic E-state index is 9.02. The minimum absolute atomic E-state index is 0.287. The zero-order chi connectivity index (χ0) is 11.3. The smallest absolute Gasteiger partial charge is 0.0494 e. The monoisotopic (exact) mass is 211 g/mol. The van der Waals surface area contributed by atoms with Gasteiger partial charge in [0, 0.05) is 24.6 Å². The van der Waals surface area contributed by atoms with Crippen molar-refractivity contribution >= 4 is 0 Å². The van der Waals surface area contributed by atoms with Crippen LogP contribution in [-0.4, -0.2) is 23.8 Å². The molecule has 0 fully saturated rings. The average molecular weight is 211 g/mol. The van der Waals surface area contributed by atoms with Gasteiger partial charge in [-0.3, -0.25) is 0 Å². The van der Waals surface area contributed by atoms with E-state index in [0.717, 1.165) is 12.3 Å². The predicted molar refractivity (Wildman–Crippen MR) is 64.8 cm³/mol. The molecule has 0 radical (unpaired) electrons. The fraction of sp³-hybridized carbons (Fsp3) is 0.846. The van der Waals surface area contributed by atoms with Crippen LogP contribution in [0.1, 0.15) is 40.0 Å². The summed E-state index contributed by atoms with van der Waals surface area (Å²) in [7, 11) is 0. The van der Waals surface area contributed by atoms with Crippen LogP contribution >= 0.6 is 0 Å². The van der Waals surface area contributed by atoms with Crippen molar-refractivity contribution in [1.29, 1.82) is 0 Å². The fourth-order valence-corrected chi connectivity index (χ4v) is 2.07. The molecule has 88 valence electrons. The zero-order valence-electron chi connectivity index (χ0n) is 10.2. The van der Waals surface area contributed by atoms with Crippen molar-refractivity contribution in [2.24, 2.45) is 11.8 Å². The molecular formula is C13H25NO. The Hall–Kier alpha value is -0.340. The molecule has 2 N–H and O–H groups in total. The molecule has 0 saturated carbocycles. The molecule has 2 heteroatoms. The molecule has 0 saturated heterocycles. The Labute approximate surface area is 93.8 Å². The SMILES string of the molecule is CC(C)CCC(C)N[C@@H]1C=C[C@H](CO)C1. The summed E-state index contributed by atoms with van der Waals surface area (Å²) in [6, 6.07) is 1.06. The van der Waals surface area contributed by atoms with Crippen LogP contribution < -0.4 is 5.32 Å². The highest BCUT2D eigenvalue weighted by atomic mass is 16.3.